The molecule has 2 aromatic rings. The number of benzene rings is 2. The predicted molar refractivity (Wildman–Crippen MR) is 97.4 cm³/mol. The molecule has 0 aliphatic rings. The first-order valence-corrected chi connectivity index (χ1v) is 8.37. The van der Waals surface area contributed by atoms with Crippen LogP contribution in [0.1, 0.15) is 11.1 Å². The maximum absolute atomic E-state index is 11.8. The third-order valence-electron chi connectivity index (χ3n) is 3.36. The molecule has 0 fully saturated rings. The van der Waals surface area contributed by atoms with Gasteiger partial charge in [0, 0.05) is 4.47 Å². The lowest BCUT2D eigenvalue weighted by Gasteiger charge is -2.10. The van der Waals surface area contributed by atoms with Crippen molar-refractivity contribution in [3.8, 4) is 11.5 Å². The van der Waals surface area contributed by atoms with Crippen LogP contribution in [-0.4, -0.2) is 25.5 Å². The minimum Gasteiger partial charge on any atom is -0.497 e. The van der Waals surface area contributed by atoms with Gasteiger partial charge in [0.1, 0.15) is 11.5 Å². The van der Waals surface area contributed by atoms with Gasteiger partial charge in [0.15, 0.2) is 6.61 Å². The zero-order valence-electron chi connectivity index (χ0n) is 14.0. The van der Waals surface area contributed by atoms with Crippen molar-refractivity contribution in [1.29, 1.82) is 0 Å². The molecule has 2 rings (SSSR count). The van der Waals surface area contributed by atoms with Crippen molar-refractivity contribution in [3.05, 3.63) is 58.1 Å². The minimum atomic E-state index is -0.441. The van der Waals surface area contributed by atoms with E-state index in [1.54, 1.807) is 37.4 Å². The van der Waals surface area contributed by atoms with Gasteiger partial charge >= 0.3 is 0 Å². The summed E-state index contributed by atoms with van der Waals surface area (Å²) in [5, 5.41) is 0. The average molecular weight is 407 g/mol. The lowest BCUT2D eigenvalue weighted by atomic mass is 10.1. The van der Waals surface area contributed by atoms with E-state index in [2.05, 4.69) is 26.8 Å². The molecule has 2 aromatic carbocycles. The fourth-order valence-corrected chi connectivity index (χ4v) is 2.25. The number of hydrazine groups is 1. The topological polar surface area (TPSA) is 76.7 Å². The summed E-state index contributed by atoms with van der Waals surface area (Å²) in [7, 11) is 1.58. The lowest BCUT2D eigenvalue weighted by Crippen LogP contribution is -2.44. The molecule has 0 saturated heterocycles. The van der Waals surface area contributed by atoms with E-state index in [9.17, 15) is 9.59 Å². The van der Waals surface area contributed by atoms with Crippen LogP contribution in [0.3, 0.4) is 0 Å². The molecule has 132 valence electrons. The number of halogens is 1. The van der Waals surface area contributed by atoms with E-state index < -0.39 is 5.91 Å². The molecule has 0 atom stereocenters. The van der Waals surface area contributed by atoms with Gasteiger partial charge in [-0.25, -0.2) is 0 Å². The Morgan fingerprint density at radius 3 is 2.28 bits per heavy atom. The summed E-state index contributed by atoms with van der Waals surface area (Å²) >= 11 is 3.40. The minimum absolute atomic E-state index is 0.150. The van der Waals surface area contributed by atoms with E-state index in [0.717, 1.165) is 21.3 Å². The highest BCUT2D eigenvalue weighted by Crippen LogP contribution is 2.21. The van der Waals surface area contributed by atoms with Gasteiger partial charge in [0.25, 0.3) is 5.91 Å². The van der Waals surface area contributed by atoms with Gasteiger partial charge in [0.05, 0.1) is 13.5 Å². The van der Waals surface area contributed by atoms with Crippen LogP contribution >= 0.6 is 15.9 Å². The summed E-state index contributed by atoms with van der Waals surface area (Å²) in [4.78, 5) is 23.6. The largest absolute Gasteiger partial charge is 0.497 e. The number of hydrogen-bond donors (Lipinski definition) is 2. The third kappa shape index (κ3) is 6.11. The first kappa shape index (κ1) is 18.8. The van der Waals surface area contributed by atoms with Crippen molar-refractivity contribution < 1.29 is 19.1 Å². The van der Waals surface area contributed by atoms with Crippen molar-refractivity contribution in [1.82, 2.24) is 10.9 Å². The molecule has 0 aromatic heterocycles. The number of hydrogen-bond acceptors (Lipinski definition) is 4. The van der Waals surface area contributed by atoms with Crippen LogP contribution in [0.4, 0.5) is 0 Å². The molecule has 0 spiro atoms. The second-order valence-corrected chi connectivity index (χ2v) is 6.18. The number of amides is 2. The molecule has 0 aliphatic heterocycles. The second kappa shape index (κ2) is 9.08. The molecule has 25 heavy (non-hydrogen) atoms. The molecule has 0 aliphatic carbocycles. The standard InChI is InChI=1S/C18H19BrN2O4/c1-12-9-15(7-8-16(12)19)25-11-18(23)21-20-17(22)10-13-3-5-14(24-2)6-4-13/h3-9H,10-11H2,1-2H3,(H,20,22)(H,21,23). The Labute approximate surface area is 154 Å². The lowest BCUT2D eigenvalue weighted by molar-refractivity contribution is -0.129. The van der Waals surface area contributed by atoms with Crippen molar-refractivity contribution in [2.75, 3.05) is 13.7 Å². The van der Waals surface area contributed by atoms with E-state index in [1.165, 1.54) is 0 Å². The molecule has 0 bridgehead atoms. The van der Waals surface area contributed by atoms with Gasteiger partial charge in [-0.1, -0.05) is 28.1 Å². The fraction of sp³-hybridized carbons (Fsp3) is 0.222. The van der Waals surface area contributed by atoms with Crippen LogP contribution in [0.25, 0.3) is 0 Å². The molecule has 0 saturated carbocycles. The van der Waals surface area contributed by atoms with Crippen molar-refractivity contribution in [3.63, 3.8) is 0 Å². The monoisotopic (exact) mass is 406 g/mol. The summed E-state index contributed by atoms with van der Waals surface area (Å²) in [5.74, 6) is 0.542. The number of ether oxygens (including phenoxy) is 2. The molecule has 0 unspecified atom stereocenters. The van der Waals surface area contributed by atoms with E-state index in [-0.39, 0.29) is 18.9 Å². The van der Waals surface area contributed by atoms with E-state index in [4.69, 9.17) is 9.47 Å². The third-order valence-corrected chi connectivity index (χ3v) is 4.25. The molecule has 0 radical (unpaired) electrons. The molecule has 7 heteroatoms. The van der Waals surface area contributed by atoms with Gasteiger partial charge in [0.2, 0.25) is 5.91 Å². The van der Waals surface area contributed by atoms with Crippen molar-refractivity contribution in [2.45, 2.75) is 13.3 Å². The zero-order chi connectivity index (χ0) is 18.2. The molecule has 2 amide bonds. The quantitative estimate of drug-likeness (QED) is 0.722. The van der Waals surface area contributed by atoms with Gasteiger partial charge in [-0.2, -0.15) is 0 Å². The van der Waals surface area contributed by atoms with E-state index >= 15 is 0 Å². The van der Waals surface area contributed by atoms with E-state index in [1.807, 2.05) is 19.1 Å². The Kier molecular flexibility index (Phi) is 6.82. The van der Waals surface area contributed by atoms with Crippen molar-refractivity contribution >= 4 is 27.7 Å². The Hall–Kier alpha value is -2.54. The van der Waals surface area contributed by atoms with Gasteiger partial charge < -0.3 is 9.47 Å². The van der Waals surface area contributed by atoms with Crippen LogP contribution in [0.5, 0.6) is 11.5 Å². The first-order chi connectivity index (χ1) is 12.0. The van der Waals surface area contributed by atoms with Gasteiger partial charge in [-0.3, -0.25) is 20.4 Å². The normalized spacial score (nSPS) is 10.0. The number of methoxy groups -OCH3 is 1. The summed E-state index contributed by atoms with van der Waals surface area (Å²) in [5.41, 5.74) is 6.50. The Balaban J connectivity index is 1.73. The predicted octanol–water partition coefficient (Wildman–Crippen LogP) is 2.54. The van der Waals surface area contributed by atoms with Crippen LogP contribution in [0.2, 0.25) is 0 Å². The molecule has 6 nitrogen and oxygen atoms in total. The summed E-state index contributed by atoms with van der Waals surface area (Å²) in [6, 6.07) is 12.5. The maximum atomic E-state index is 11.8. The number of carbonyl (C=O) groups is 2. The Morgan fingerprint density at radius 1 is 1.00 bits per heavy atom. The van der Waals surface area contributed by atoms with Crippen molar-refractivity contribution in [2.24, 2.45) is 0 Å². The summed E-state index contributed by atoms with van der Waals surface area (Å²) in [6.45, 7) is 1.74. The SMILES string of the molecule is COc1ccc(CC(=O)NNC(=O)COc2ccc(Br)c(C)c2)cc1. The van der Waals surface area contributed by atoms with E-state index in [0.29, 0.717) is 5.75 Å². The maximum Gasteiger partial charge on any atom is 0.276 e. The molecular formula is C18H19BrN2O4. The average Bonchev–Trinajstić information content (AvgIpc) is 2.61. The van der Waals surface area contributed by atoms with Crippen LogP contribution in [-0.2, 0) is 16.0 Å². The highest BCUT2D eigenvalue weighted by Gasteiger charge is 2.07. The smallest absolute Gasteiger partial charge is 0.276 e. The van der Waals surface area contributed by atoms with Gasteiger partial charge in [-0.05, 0) is 48.4 Å². The number of carbonyl (C=O) groups excluding carboxylic acids is 2. The number of rotatable bonds is 6. The summed E-state index contributed by atoms with van der Waals surface area (Å²) in [6.07, 6.45) is 0.150. The second-order valence-electron chi connectivity index (χ2n) is 5.32. The number of aryl methyl sites for hydroxylation is 1. The Bertz CT molecular complexity index is 747. The van der Waals surface area contributed by atoms with Crippen LogP contribution in [0, 0.1) is 6.92 Å². The van der Waals surface area contributed by atoms with Crippen LogP contribution in [0.15, 0.2) is 46.9 Å². The van der Waals surface area contributed by atoms with Crippen LogP contribution < -0.4 is 20.3 Å². The fourth-order valence-electron chi connectivity index (χ4n) is 2.00. The molecule has 2 N–H and O–H groups in total. The Morgan fingerprint density at radius 2 is 1.64 bits per heavy atom. The van der Waals surface area contributed by atoms with Gasteiger partial charge in [-0.15, -0.1) is 0 Å². The first-order valence-electron chi connectivity index (χ1n) is 7.57. The highest BCUT2D eigenvalue weighted by atomic mass is 79.9. The molecule has 0 heterocycles. The number of nitrogens with one attached hydrogen (secondary N) is 2. The molecular weight excluding hydrogens is 388 g/mol. The zero-order valence-corrected chi connectivity index (χ0v) is 15.6. The summed E-state index contributed by atoms with van der Waals surface area (Å²) < 4.78 is 11.4. The highest BCUT2D eigenvalue weighted by molar-refractivity contribution is 9.10.